The van der Waals surface area contributed by atoms with Crippen LogP contribution in [0.1, 0.15) is 18.5 Å². The Kier molecular flexibility index (Phi) is 3.90. The molecule has 0 amide bonds. The Balaban J connectivity index is 0.000000605. The highest BCUT2D eigenvalue weighted by Gasteiger charge is 2.41. The summed E-state index contributed by atoms with van der Waals surface area (Å²) in [5.74, 6) is 0. The van der Waals surface area contributed by atoms with E-state index in [4.69, 9.17) is 5.73 Å². The monoisotopic (exact) mass is 207 g/mol. The van der Waals surface area contributed by atoms with E-state index in [0.717, 1.165) is 18.5 Å². The molecule has 5 heteroatoms. The van der Waals surface area contributed by atoms with Gasteiger partial charge < -0.3 is 5.73 Å². The van der Waals surface area contributed by atoms with Gasteiger partial charge in [0.05, 0.1) is 11.2 Å². The topological polar surface area (TPSA) is 51.8 Å². The van der Waals surface area contributed by atoms with Gasteiger partial charge in [-0.2, -0.15) is 10.2 Å². The summed E-state index contributed by atoms with van der Waals surface area (Å²) in [5, 5.41) is 7.70. The number of rotatable bonds is 1. The minimum absolute atomic E-state index is 0. The average molecular weight is 208 g/mol. The van der Waals surface area contributed by atoms with Gasteiger partial charge in [0.2, 0.25) is 0 Å². The van der Waals surface area contributed by atoms with Crippen molar-refractivity contribution >= 4 is 24.8 Å². The first-order valence-corrected chi connectivity index (χ1v) is 3.38. The molecule has 12 heavy (non-hydrogen) atoms. The van der Waals surface area contributed by atoms with Gasteiger partial charge >= 0.3 is 0 Å². The van der Waals surface area contributed by atoms with Crippen molar-refractivity contribution in [2.24, 2.45) is 5.73 Å². The van der Waals surface area contributed by atoms with Crippen molar-refractivity contribution in [3.8, 4) is 0 Å². The molecular weight excluding hydrogens is 197 g/mol. The van der Waals surface area contributed by atoms with Gasteiger partial charge in [-0.1, -0.05) is 0 Å². The van der Waals surface area contributed by atoms with Gasteiger partial charge in [0, 0.05) is 6.20 Å². The predicted molar refractivity (Wildman–Crippen MR) is 51.6 cm³/mol. The van der Waals surface area contributed by atoms with Crippen LogP contribution >= 0.6 is 24.8 Å². The van der Waals surface area contributed by atoms with Crippen LogP contribution in [0.5, 0.6) is 0 Å². The number of nitrogens with two attached hydrogens (primary N) is 1. The molecule has 0 unspecified atom stereocenters. The highest BCUT2D eigenvalue weighted by Crippen LogP contribution is 2.40. The minimum atomic E-state index is -0.131. The highest BCUT2D eigenvalue weighted by atomic mass is 35.5. The molecule has 1 heterocycles. The fourth-order valence-electron chi connectivity index (χ4n) is 0.958. The third-order valence-corrected chi connectivity index (χ3v) is 1.87. The summed E-state index contributed by atoms with van der Waals surface area (Å²) in [6.07, 6.45) is 3.76. The SMILES string of the molecule is Cl.Cl.NC1(c2cccnn2)CC1. The van der Waals surface area contributed by atoms with Gasteiger partial charge in [-0.3, -0.25) is 0 Å². The van der Waals surface area contributed by atoms with Crippen LogP contribution in [0, 0.1) is 0 Å². The third kappa shape index (κ3) is 2.06. The van der Waals surface area contributed by atoms with E-state index in [9.17, 15) is 0 Å². The molecule has 0 aliphatic heterocycles. The first-order chi connectivity index (χ1) is 4.81. The van der Waals surface area contributed by atoms with Crippen molar-refractivity contribution in [2.75, 3.05) is 0 Å². The Morgan fingerprint density at radius 3 is 2.42 bits per heavy atom. The van der Waals surface area contributed by atoms with E-state index in [1.165, 1.54) is 0 Å². The lowest BCUT2D eigenvalue weighted by atomic mass is 10.2. The lowest BCUT2D eigenvalue weighted by Crippen LogP contribution is -2.20. The number of hydrogen-bond acceptors (Lipinski definition) is 3. The summed E-state index contributed by atoms with van der Waals surface area (Å²) in [6, 6.07) is 3.80. The Morgan fingerprint density at radius 2 is 2.00 bits per heavy atom. The fourth-order valence-corrected chi connectivity index (χ4v) is 0.958. The van der Waals surface area contributed by atoms with Crippen LogP contribution in [0.15, 0.2) is 18.3 Å². The van der Waals surface area contributed by atoms with Gasteiger partial charge in [0.25, 0.3) is 0 Å². The lowest BCUT2D eigenvalue weighted by Gasteiger charge is -2.03. The molecular formula is C7H11Cl2N3. The van der Waals surface area contributed by atoms with Crippen molar-refractivity contribution in [2.45, 2.75) is 18.4 Å². The molecule has 2 rings (SSSR count). The first kappa shape index (κ1) is 11.6. The second-order valence-corrected chi connectivity index (χ2v) is 2.77. The molecule has 1 aromatic rings. The fraction of sp³-hybridized carbons (Fsp3) is 0.429. The zero-order valence-electron chi connectivity index (χ0n) is 6.43. The van der Waals surface area contributed by atoms with Gasteiger partial charge in [-0.15, -0.1) is 24.8 Å². The highest BCUT2D eigenvalue weighted by molar-refractivity contribution is 5.85. The Labute approximate surface area is 83.6 Å². The van der Waals surface area contributed by atoms with Crippen LogP contribution in [-0.4, -0.2) is 10.2 Å². The van der Waals surface area contributed by atoms with Crippen molar-refractivity contribution < 1.29 is 0 Å². The molecule has 0 atom stereocenters. The van der Waals surface area contributed by atoms with Crippen molar-refractivity contribution in [1.82, 2.24) is 10.2 Å². The normalized spacial score (nSPS) is 17.1. The van der Waals surface area contributed by atoms with Gasteiger partial charge in [-0.25, -0.2) is 0 Å². The zero-order chi connectivity index (χ0) is 7.03. The molecule has 0 spiro atoms. The maximum absolute atomic E-state index is 5.87. The van der Waals surface area contributed by atoms with E-state index < -0.39 is 0 Å². The van der Waals surface area contributed by atoms with Gasteiger partial charge in [-0.05, 0) is 25.0 Å². The van der Waals surface area contributed by atoms with E-state index in [2.05, 4.69) is 10.2 Å². The molecule has 1 aliphatic rings. The van der Waals surface area contributed by atoms with Crippen molar-refractivity contribution in [3.63, 3.8) is 0 Å². The van der Waals surface area contributed by atoms with Gasteiger partial charge in [0.1, 0.15) is 0 Å². The molecule has 2 N–H and O–H groups in total. The zero-order valence-corrected chi connectivity index (χ0v) is 8.07. The van der Waals surface area contributed by atoms with Crippen LogP contribution in [0.4, 0.5) is 0 Å². The lowest BCUT2D eigenvalue weighted by molar-refractivity contribution is 0.687. The third-order valence-electron chi connectivity index (χ3n) is 1.87. The summed E-state index contributed by atoms with van der Waals surface area (Å²) in [4.78, 5) is 0. The first-order valence-electron chi connectivity index (χ1n) is 3.38. The molecule has 68 valence electrons. The number of nitrogens with zero attached hydrogens (tertiary/aromatic N) is 2. The second-order valence-electron chi connectivity index (χ2n) is 2.77. The van der Waals surface area contributed by atoms with E-state index >= 15 is 0 Å². The molecule has 1 aromatic heterocycles. The smallest absolute Gasteiger partial charge is 0.0829 e. The number of aromatic nitrogens is 2. The van der Waals surface area contributed by atoms with Crippen LogP contribution < -0.4 is 5.73 Å². The van der Waals surface area contributed by atoms with E-state index in [1.807, 2.05) is 12.1 Å². The van der Waals surface area contributed by atoms with Crippen LogP contribution in [-0.2, 0) is 5.54 Å². The summed E-state index contributed by atoms with van der Waals surface area (Å²) < 4.78 is 0. The average Bonchev–Trinajstić information content (AvgIpc) is 2.72. The van der Waals surface area contributed by atoms with E-state index in [-0.39, 0.29) is 30.4 Å². The molecule has 0 aromatic carbocycles. The second kappa shape index (κ2) is 4.03. The maximum atomic E-state index is 5.87. The van der Waals surface area contributed by atoms with E-state index in [0.29, 0.717) is 0 Å². The van der Waals surface area contributed by atoms with E-state index in [1.54, 1.807) is 6.20 Å². The summed E-state index contributed by atoms with van der Waals surface area (Å²) in [5.41, 5.74) is 6.66. The Morgan fingerprint density at radius 1 is 1.33 bits per heavy atom. The molecule has 0 saturated heterocycles. The summed E-state index contributed by atoms with van der Waals surface area (Å²) in [6.45, 7) is 0. The van der Waals surface area contributed by atoms with Crippen LogP contribution in [0.3, 0.4) is 0 Å². The Bertz CT molecular complexity index is 236. The standard InChI is InChI=1S/C7H9N3.2ClH/c8-7(3-4-7)6-2-1-5-9-10-6;;/h1-2,5H,3-4,8H2;2*1H. The van der Waals surface area contributed by atoms with Crippen LogP contribution in [0.25, 0.3) is 0 Å². The van der Waals surface area contributed by atoms with Crippen molar-refractivity contribution in [1.29, 1.82) is 0 Å². The molecule has 0 bridgehead atoms. The summed E-state index contributed by atoms with van der Waals surface area (Å²) >= 11 is 0. The summed E-state index contributed by atoms with van der Waals surface area (Å²) in [7, 11) is 0. The molecule has 3 nitrogen and oxygen atoms in total. The minimum Gasteiger partial charge on any atom is -0.320 e. The molecule has 1 aliphatic carbocycles. The van der Waals surface area contributed by atoms with Gasteiger partial charge in [0.15, 0.2) is 0 Å². The number of halogens is 2. The number of hydrogen-bond donors (Lipinski definition) is 1. The predicted octanol–water partition coefficient (Wildman–Crippen LogP) is 1.27. The van der Waals surface area contributed by atoms with Crippen molar-refractivity contribution in [3.05, 3.63) is 24.0 Å². The maximum Gasteiger partial charge on any atom is 0.0829 e. The quantitative estimate of drug-likeness (QED) is 0.755. The molecule has 1 fully saturated rings. The Hall–Kier alpha value is -0.380. The molecule has 1 saturated carbocycles. The van der Waals surface area contributed by atoms with Crippen LogP contribution in [0.2, 0.25) is 0 Å². The largest absolute Gasteiger partial charge is 0.320 e. The molecule has 0 radical (unpaired) electrons.